The quantitative estimate of drug-likeness (QED) is 0.838. The van der Waals surface area contributed by atoms with Gasteiger partial charge in [0.15, 0.2) is 0 Å². The van der Waals surface area contributed by atoms with E-state index in [1.165, 1.54) is 0 Å². The van der Waals surface area contributed by atoms with Crippen LogP contribution in [-0.2, 0) is 10.3 Å². The Hall–Kier alpha value is -2.34. The number of carbonyl (C=O) groups excluding carboxylic acids is 2. The predicted octanol–water partition coefficient (Wildman–Crippen LogP) is 4.07. The van der Waals surface area contributed by atoms with Crippen LogP contribution in [0.1, 0.15) is 29.8 Å². The lowest BCUT2D eigenvalue weighted by Crippen LogP contribution is -2.41. The Balaban J connectivity index is 1.72. The molecule has 1 aliphatic rings. The Bertz CT molecular complexity index is 785. The van der Waals surface area contributed by atoms with Crippen molar-refractivity contribution in [2.45, 2.75) is 19.4 Å². The zero-order chi connectivity index (χ0) is 18.0. The van der Waals surface area contributed by atoms with E-state index in [-0.39, 0.29) is 12.0 Å². The first kappa shape index (κ1) is 17.5. The smallest absolute Gasteiger partial charge is 0.414 e. The molecule has 0 radical (unpaired) electrons. The van der Waals surface area contributed by atoms with Gasteiger partial charge in [-0.3, -0.25) is 9.69 Å². The van der Waals surface area contributed by atoms with Crippen LogP contribution < -0.4 is 10.2 Å². The van der Waals surface area contributed by atoms with Gasteiger partial charge in [-0.25, -0.2) is 4.79 Å². The van der Waals surface area contributed by atoms with Crippen LogP contribution in [0.25, 0.3) is 0 Å². The first-order valence-electron chi connectivity index (χ1n) is 8.00. The summed E-state index contributed by atoms with van der Waals surface area (Å²) in [5, 5.41) is 3.05. The minimum atomic E-state index is -0.505. The summed E-state index contributed by atoms with van der Waals surface area (Å²) < 4.78 is 5.92. The van der Waals surface area contributed by atoms with Crippen molar-refractivity contribution < 1.29 is 14.3 Å². The van der Waals surface area contributed by atoms with Gasteiger partial charge in [0.1, 0.15) is 6.61 Å². The second-order valence-corrected chi connectivity index (χ2v) is 7.31. The van der Waals surface area contributed by atoms with E-state index >= 15 is 0 Å². The lowest BCUT2D eigenvalue weighted by molar-refractivity contribution is 0.0912. The normalized spacial score (nSPS) is 14.4. The van der Waals surface area contributed by atoms with Gasteiger partial charge in [-0.2, -0.15) is 0 Å². The average molecular weight is 403 g/mol. The molecule has 1 aliphatic heterocycles. The van der Waals surface area contributed by atoms with Crippen LogP contribution >= 0.6 is 15.9 Å². The van der Waals surface area contributed by atoms with Crippen molar-refractivity contribution in [3.8, 4) is 0 Å². The SMILES string of the molecule is CC(C)(NC(=O)c1ccc(N2CCOC2=O)cc1)c1ccc(Br)cc1. The first-order chi connectivity index (χ1) is 11.9. The van der Waals surface area contributed by atoms with E-state index < -0.39 is 5.54 Å². The Morgan fingerprint density at radius 1 is 1.12 bits per heavy atom. The minimum absolute atomic E-state index is 0.163. The highest BCUT2D eigenvalue weighted by molar-refractivity contribution is 9.10. The number of rotatable bonds is 4. The number of benzene rings is 2. The number of carbonyl (C=O) groups is 2. The number of amides is 2. The monoisotopic (exact) mass is 402 g/mol. The Morgan fingerprint density at radius 2 is 1.76 bits per heavy atom. The summed E-state index contributed by atoms with van der Waals surface area (Å²) >= 11 is 3.41. The highest BCUT2D eigenvalue weighted by atomic mass is 79.9. The number of hydrogen-bond acceptors (Lipinski definition) is 3. The summed E-state index contributed by atoms with van der Waals surface area (Å²) in [4.78, 5) is 25.7. The molecule has 0 spiro atoms. The van der Waals surface area contributed by atoms with Gasteiger partial charge in [0, 0.05) is 15.7 Å². The summed E-state index contributed by atoms with van der Waals surface area (Å²) in [7, 11) is 0. The third-order valence-electron chi connectivity index (χ3n) is 4.19. The topological polar surface area (TPSA) is 58.6 Å². The standard InChI is InChI=1S/C19H19BrN2O3/c1-19(2,14-5-7-15(20)8-6-14)21-17(23)13-3-9-16(10-4-13)22-11-12-25-18(22)24/h3-10H,11-12H2,1-2H3,(H,21,23). The number of ether oxygens (including phenoxy) is 1. The van der Waals surface area contributed by atoms with E-state index in [4.69, 9.17) is 4.74 Å². The minimum Gasteiger partial charge on any atom is -0.447 e. The van der Waals surface area contributed by atoms with Crippen LogP contribution in [0, 0.1) is 0 Å². The molecular formula is C19H19BrN2O3. The van der Waals surface area contributed by atoms with Gasteiger partial charge < -0.3 is 10.1 Å². The molecule has 1 saturated heterocycles. The molecule has 25 heavy (non-hydrogen) atoms. The molecule has 1 N–H and O–H groups in total. The number of nitrogens with one attached hydrogen (secondary N) is 1. The van der Waals surface area contributed by atoms with Crippen LogP contribution in [0.15, 0.2) is 53.0 Å². The highest BCUT2D eigenvalue weighted by Crippen LogP contribution is 2.24. The van der Waals surface area contributed by atoms with E-state index in [1.807, 2.05) is 38.1 Å². The van der Waals surface area contributed by atoms with Crippen LogP contribution in [-0.4, -0.2) is 25.2 Å². The van der Waals surface area contributed by atoms with E-state index in [0.717, 1.165) is 15.7 Å². The van der Waals surface area contributed by atoms with E-state index in [9.17, 15) is 9.59 Å². The molecule has 0 aromatic heterocycles. The Labute approximate surface area is 155 Å². The fraction of sp³-hybridized carbons (Fsp3) is 0.263. The molecule has 6 heteroatoms. The van der Waals surface area contributed by atoms with Crippen molar-refractivity contribution in [3.63, 3.8) is 0 Å². The maximum absolute atomic E-state index is 12.6. The van der Waals surface area contributed by atoms with Crippen LogP contribution in [0.2, 0.25) is 0 Å². The second kappa shape index (κ2) is 6.88. The van der Waals surface area contributed by atoms with Crippen LogP contribution in [0.3, 0.4) is 0 Å². The van der Waals surface area contributed by atoms with Gasteiger partial charge in [0.05, 0.1) is 12.1 Å². The summed E-state index contributed by atoms with van der Waals surface area (Å²) in [5.41, 5.74) is 1.78. The zero-order valence-electron chi connectivity index (χ0n) is 14.1. The van der Waals surface area contributed by atoms with Crippen molar-refractivity contribution in [1.82, 2.24) is 5.32 Å². The predicted molar refractivity (Wildman–Crippen MR) is 99.8 cm³/mol. The first-order valence-corrected chi connectivity index (χ1v) is 8.79. The van der Waals surface area contributed by atoms with Crippen molar-refractivity contribution in [2.24, 2.45) is 0 Å². The fourth-order valence-electron chi connectivity index (χ4n) is 2.72. The summed E-state index contributed by atoms with van der Waals surface area (Å²) in [6, 6.07) is 14.8. The van der Waals surface area contributed by atoms with Gasteiger partial charge in [0.25, 0.3) is 5.91 Å². The van der Waals surface area contributed by atoms with Crippen LogP contribution in [0.5, 0.6) is 0 Å². The summed E-state index contributed by atoms with van der Waals surface area (Å²) in [6.07, 6.45) is -0.353. The highest BCUT2D eigenvalue weighted by Gasteiger charge is 2.25. The third kappa shape index (κ3) is 3.85. The Morgan fingerprint density at radius 3 is 2.32 bits per heavy atom. The van der Waals surface area contributed by atoms with E-state index in [2.05, 4.69) is 21.2 Å². The molecule has 0 saturated carbocycles. The van der Waals surface area contributed by atoms with Gasteiger partial charge in [-0.15, -0.1) is 0 Å². The second-order valence-electron chi connectivity index (χ2n) is 6.40. The molecule has 2 amide bonds. The molecule has 0 bridgehead atoms. The lowest BCUT2D eigenvalue weighted by Gasteiger charge is -2.27. The zero-order valence-corrected chi connectivity index (χ0v) is 15.7. The van der Waals surface area contributed by atoms with Crippen molar-refractivity contribution in [3.05, 3.63) is 64.1 Å². The molecule has 3 rings (SSSR count). The van der Waals surface area contributed by atoms with Crippen molar-refractivity contribution >= 4 is 33.6 Å². The maximum atomic E-state index is 12.6. The van der Waals surface area contributed by atoms with Gasteiger partial charge in [-0.05, 0) is 55.8 Å². The molecule has 130 valence electrons. The molecule has 1 heterocycles. The van der Waals surface area contributed by atoms with Crippen molar-refractivity contribution in [2.75, 3.05) is 18.1 Å². The van der Waals surface area contributed by atoms with Crippen LogP contribution in [0.4, 0.5) is 10.5 Å². The molecule has 0 atom stereocenters. The van der Waals surface area contributed by atoms with Crippen molar-refractivity contribution in [1.29, 1.82) is 0 Å². The van der Waals surface area contributed by atoms with Gasteiger partial charge >= 0.3 is 6.09 Å². The molecule has 5 nitrogen and oxygen atoms in total. The molecule has 2 aromatic rings. The maximum Gasteiger partial charge on any atom is 0.414 e. The molecule has 1 fully saturated rings. The molecule has 2 aromatic carbocycles. The largest absolute Gasteiger partial charge is 0.447 e. The number of cyclic esters (lactones) is 1. The average Bonchev–Trinajstić information content (AvgIpc) is 3.01. The van der Waals surface area contributed by atoms with E-state index in [0.29, 0.717) is 18.7 Å². The molecule has 0 aliphatic carbocycles. The number of nitrogens with zero attached hydrogens (tertiary/aromatic N) is 1. The third-order valence-corrected chi connectivity index (χ3v) is 4.72. The summed E-state index contributed by atoms with van der Waals surface area (Å²) in [6.45, 7) is 4.84. The van der Waals surface area contributed by atoms with Gasteiger partial charge in [0.2, 0.25) is 0 Å². The van der Waals surface area contributed by atoms with Gasteiger partial charge in [-0.1, -0.05) is 28.1 Å². The lowest BCUT2D eigenvalue weighted by atomic mass is 9.94. The molecular weight excluding hydrogens is 384 g/mol. The number of halogens is 1. The van der Waals surface area contributed by atoms with E-state index in [1.54, 1.807) is 29.2 Å². The number of hydrogen-bond donors (Lipinski definition) is 1. The Kier molecular flexibility index (Phi) is 4.81. The number of anilines is 1. The molecule has 0 unspecified atom stereocenters. The summed E-state index contributed by atoms with van der Waals surface area (Å²) in [5.74, 6) is -0.163. The fourth-order valence-corrected chi connectivity index (χ4v) is 2.98.